The van der Waals surface area contributed by atoms with E-state index in [0.29, 0.717) is 11.3 Å². The lowest BCUT2D eigenvalue weighted by Gasteiger charge is -2.13. The van der Waals surface area contributed by atoms with E-state index in [2.05, 4.69) is 4.98 Å². The van der Waals surface area contributed by atoms with Gasteiger partial charge in [0, 0.05) is 17.5 Å². The predicted octanol–water partition coefficient (Wildman–Crippen LogP) is 1.15. The molecule has 0 amide bonds. The molecule has 12 heavy (non-hydrogen) atoms. The van der Waals surface area contributed by atoms with Crippen molar-refractivity contribution >= 4 is 16.1 Å². The Bertz CT molecular complexity index is 355. The Labute approximate surface area is 74.7 Å². The molecule has 1 aliphatic rings. The van der Waals surface area contributed by atoms with Crippen LogP contribution < -0.4 is 0 Å². The molecule has 0 spiro atoms. The minimum absolute atomic E-state index is 0.615. The molecule has 0 atom stereocenters. The molecule has 0 aliphatic heterocycles. The van der Waals surface area contributed by atoms with Crippen molar-refractivity contribution < 1.29 is 4.21 Å². The predicted molar refractivity (Wildman–Crippen MR) is 49.4 cm³/mol. The lowest BCUT2D eigenvalue weighted by atomic mass is 9.96. The molecule has 0 radical (unpaired) electrons. The van der Waals surface area contributed by atoms with Gasteiger partial charge in [-0.2, -0.15) is 0 Å². The van der Waals surface area contributed by atoms with Crippen molar-refractivity contribution in [1.29, 1.82) is 0 Å². The molecular weight excluding hydrogens is 170 g/mol. The highest BCUT2D eigenvalue weighted by Gasteiger charge is 2.14. The molecule has 0 saturated carbocycles. The van der Waals surface area contributed by atoms with Crippen molar-refractivity contribution in [3.63, 3.8) is 0 Å². The largest absolute Gasteiger partial charge is 0.261 e. The fourth-order valence-electron chi connectivity index (χ4n) is 1.53. The summed E-state index contributed by atoms with van der Waals surface area (Å²) in [6, 6.07) is 3.88. The molecular formula is C9H9NOS. The van der Waals surface area contributed by atoms with Crippen LogP contribution in [0.25, 0.3) is 0 Å². The molecule has 3 heteroatoms. The molecule has 1 aromatic rings. The number of fused-ring (bicyclic) bond motifs is 1. The summed E-state index contributed by atoms with van der Waals surface area (Å²) in [5.74, 6) is 0. The number of rotatable bonds is 0. The molecule has 0 fully saturated rings. The highest BCUT2D eigenvalue weighted by Crippen LogP contribution is 2.17. The molecule has 1 aromatic heterocycles. The van der Waals surface area contributed by atoms with Gasteiger partial charge in [0.25, 0.3) is 0 Å². The summed E-state index contributed by atoms with van der Waals surface area (Å²) in [5, 5.41) is 0. The van der Waals surface area contributed by atoms with Gasteiger partial charge in [-0.05, 0) is 25.3 Å². The van der Waals surface area contributed by atoms with E-state index in [1.165, 1.54) is 0 Å². The standard InChI is InChI=1S/C9H9NOS/c11-12-9-5-1-4-8-7(9)3-2-6-10-8/h2-3,6H,1,4-5H2. The number of nitrogens with zero attached hydrogens (tertiary/aromatic N) is 1. The first-order chi connectivity index (χ1) is 5.92. The van der Waals surface area contributed by atoms with Crippen LogP contribution in [0.1, 0.15) is 24.1 Å². The van der Waals surface area contributed by atoms with E-state index in [9.17, 15) is 4.21 Å². The first kappa shape index (κ1) is 7.68. The third-order valence-electron chi connectivity index (χ3n) is 2.11. The molecule has 0 unspecified atom stereocenters. The summed E-state index contributed by atoms with van der Waals surface area (Å²) in [5.41, 5.74) is 2.16. The topological polar surface area (TPSA) is 30.0 Å². The second-order valence-electron chi connectivity index (χ2n) is 2.86. The van der Waals surface area contributed by atoms with Crippen molar-refractivity contribution in [2.45, 2.75) is 19.3 Å². The molecule has 0 saturated heterocycles. The van der Waals surface area contributed by atoms with E-state index in [4.69, 9.17) is 0 Å². The van der Waals surface area contributed by atoms with Crippen molar-refractivity contribution in [3.05, 3.63) is 29.6 Å². The van der Waals surface area contributed by atoms with Gasteiger partial charge in [0.15, 0.2) is 0 Å². The van der Waals surface area contributed by atoms with Gasteiger partial charge in [-0.3, -0.25) is 4.98 Å². The van der Waals surface area contributed by atoms with Crippen molar-refractivity contribution in [3.8, 4) is 0 Å². The maximum absolute atomic E-state index is 10.7. The molecule has 1 aliphatic carbocycles. The van der Waals surface area contributed by atoms with Crippen LogP contribution in [0.3, 0.4) is 0 Å². The lowest BCUT2D eigenvalue weighted by molar-refractivity contribution is 0.700. The Balaban J connectivity index is 2.58. The van der Waals surface area contributed by atoms with Gasteiger partial charge in [0.1, 0.15) is 0 Å². The Hall–Kier alpha value is -0.960. The van der Waals surface area contributed by atoms with Crippen molar-refractivity contribution in [1.82, 2.24) is 4.98 Å². The number of hydrogen-bond donors (Lipinski definition) is 0. The zero-order valence-corrected chi connectivity index (χ0v) is 7.43. The third kappa shape index (κ3) is 1.20. The monoisotopic (exact) mass is 179 g/mol. The number of pyridine rings is 1. The quantitative estimate of drug-likeness (QED) is 0.559. The Morgan fingerprint density at radius 2 is 2.33 bits per heavy atom. The molecule has 0 bridgehead atoms. The fraction of sp³-hybridized carbons (Fsp3) is 0.333. The van der Waals surface area contributed by atoms with Gasteiger partial charge in [0.2, 0.25) is 0 Å². The van der Waals surface area contributed by atoms with Gasteiger partial charge in [-0.1, -0.05) is 6.07 Å². The maximum Gasteiger partial charge on any atom is 0.0927 e. The smallest absolute Gasteiger partial charge is 0.0927 e. The van der Waals surface area contributed by atoms with Crippen molar-refractivity contribution in [2.75, 3.05) is 0 Å². The van der Waals surface area contributed by atoms with Crippen LogP contribution in [0.5, 0.6) is 0 Å². The van der Waals surface area contributed by atoms with E-state index >= 15 is 0 Å². The number of aryl methyl sites for hydroxylation is 1. The molecule has 0 N–H and O–H groups in total. The van der Waals surface area contributed by atoms with Gasteiger partial charge in [0.05, 0.1) is 16.1 Å². The van der Waals surface area contributed by atoms with Crippen LogP contribution in [-0.2, 0) is 17.7 Å². The Morgan fingerprint density at radius 1 is 1.42 bits per heavy atom. The molecule has 2 nitrogen and oxygen atoms in total. The van der Waals surface area contributed by atoms with Gasteiger partial charge in [-0.15, -0.1) is 0 Å². The molecule has 2 rings (SSSR count). The summed E-state index contributed by atoms with van der Waals surface area (Å²) in [4.78, 5) is 5.19. The summed E-state index contributed by atoms with van der Waals surface area (Å²) in [7, 11) is 0. The van der Waals surface area contributed by atoms with Crippen LogP contribution in [0.15, 0.2) is 18.3 Å². The minimum Gasteiger partial charge on any atom is -0.261 e. The van der Waals surface area contributed by atoms with E-state index in [-0.39, 0.29) is 0 Å². The average Bonchev–Trinajstić information content (AvgIpc) is 2.17. The summed E-state index contributed by atoms with van der Waals surface area (Å²) in [6.07, 6.45) is 4.79. The van der Waals surface area contributed by atoms with Crippen LogP contribution in [0.2, 0.25) is 0 Å². The first-order valence-electron chi connectivity index (χ1n) is 4.02. The molecule has 1 heterocycles. The Kier molecular flexibility index (Phi) is 2.04. The van der Waals surface area contributed by atoms with Gasteiger partial charge < -0.3 is 0 Å². The first-order valence-corrected chi connectivity index (χ1v) is 4.76. The Morgan fingerprint density at radius 3 is 3.17 bits per heavy atom. The van der Waals surface area contributed by atoms with E-state index in [1.54, 1.807) is 6.20 Å². The normalized spacial score (nSPS) is 15.5. The van der Waals surface area contributed by atoms with Crippen LogP contribution in [-0.4, -0.2) is 14.1 Å². The zero-order chi connectivity index (χ0) is 8.39. The van der Waals surface area contributed by atoms with E-state index in [0.717, 1.165) is 35.4 Å². The highest BCUT2D eigenvalue weighted by atomic mass is 32.1. The van der Waals surface area contributed by atoms with Crippen LogP contribution >= 0.6 is 0 Å². The van der Waals surface area contributed by atoms with Gasteiger partial charge >= 0.3 is 0 Å². The number of hydrogen-bond acceptors (Lipinski definition) is 2. The van der Waals surface area contributed by atoms with E-state index < -0.39 is 0 Å². The van der Waals surface area contributed by atoms with Crippen molar-refractivity contribution in [2.24, 2.45) is 0 Å². The maximum atomic E-state index is 10.7. The number of aromatic nitrogens is 1. The SMILES string of the molecule is O=S=C1CCCc2ncccc21. The van der Waals surface area contributed by atoms with Crippen LogP contribution in [0.4, 0.5) is 0 Å². The fourth-order valence-corrected chi connectivity index (χ4v) is 2.03. The highest BCUT2D eigenvalue weighted by molar-refractivity contribution is 7.67. The van der Waals surface area contributed by atoms with E-state index in [1.807, 2.05) is 12.1 Å². The summed E-state index contributed by atoms with van der Waals surface area (Å²) < 4.78 is 10.7. The average molecular weight is 179 g/mol. The second-order valence-corrected chi connectivity index (χ2v) is 3.52. The van der Waals surface area contributed by atoms with Gasteiger partial charge in [-0.25, -0.2) is 4.21 Å². The summed E-state index contributed by atoms with van der Waals surface area (Å²) in [6.45, 7) is 0. The molecule has 62 valence electrons. The third-order valence-corrected chi connectivity index (χ3v) is 2.73. The zero-order valence-electron chi connectivity index (χ0n) is 6.62. The summed E-state index contributed by atoms with van der Waals surface area (Å²) >= 11 is 0.615. The van der Waals surface area contributed by atoms with Crippen LogP contribution in [0, 0.1) is 0 Å². The second kappa shape index (κ2) is 3.19. The lowest BCUT2D eigenvalue weighted by Crippen LogP contribution is -2.12. The molecule has 0 aromatic carbocycles. The minimum atomic E-state index is 0.615.